The maximum Gasteiger partial charge on any atom is 0.323 e. The van der Waals surface area contributed by atoms with Crippen LogP contribution in [-0.2, 0) is 6.54 Å². The van der Waals surface area contributed by atoms with E-state index >= 15 is 0 Å². The predicted octanol–water partition coefficient (Wildman–Crippen LogP) is 3.51. The molecule has 0 radical (unpaired) electrons. The van der Waals surface area contributed by atoms with Crippen molar-refractivity contribution in [3.05, 3.63) is 41.1 Å². The van der Waals surface area contributed by atoms with Crippen LogP contribution >= 0.6 is 0 Å². The smallest absolute Gasteiger partial charge is 0.323 e. The summed E-state index contributed by atoms with van der Waals surface area (Å²) in [6.07, 6.45) is 0. The topological polar surface area (TPSA) is 59.4 Å². The largest absolute Gasteiger partial charge is 0.491 e. The van der Waals surface area contributed by atoms with E-state index in [1.807, 2.05) is 36.7 Å². The molecule has 0 atom stereocenters. The third-order valence-corrected chi connectivity index (χ3v) is 4.13. The number of carbonyl (C=O) groups excluding carboxylic acids is 1. The zero-order valence-corrected chi connectivity index (χ0v) is 14.7. The fourth-order valence-corrected chi connectivity index (χ4v) is 2.96. The number of fused-ring (bicyclic) bond motifs is 1. The van der Waals surface area contributed by atoms with Crippen molar-refractivity contribution in [2.24, 2.45) is 0 Å². The van der Waals surface area contributed by atoms with Gasteiger partial charge in [-0.25, -0.2) is 4.79 Å². The molecule has 2 aromatic rings. The van der Waals surface area contributed by atoms with Crippen molar-refractivity contribution in [1.29, 1.82) is 0 Å². The first-order valence-corrected chi connectivity index (χ1v) is 8.28. The monoisotopic (exact) mass is 328 g/mol. The second-order valence-electron chi connectivity index (χ2n) is 6.52. The lowest BCUT2D eigenvalue weighted by atomic mass is 10.1. The van der Waals surface area contributed by atoms with Crippen molar-refractivity contribution in [1.82, 2.24) is 14.7 Å². The van der Waals surface area contributed by atoms with Crippen LogP contribution in [0.3, 0.4) is 0 Å². The van der Waals surface area contributed by atoms with Gasteiger partial charge in [-0.15, -0.1) is 0 Å². The molecule has 1 aliphatic rings. The minimum absolute atomic E-state index is 0.152. The summed E-state index contributed by atoms with van der Waals surface area (Å²) < 4.78 is 7.65. The van der Waals surface area contributed by atoms with E-state index in [9.17, 15) is 4.79 Å². The number of nitrogens with zero attached hydrogens (tertiary/aromatic N) is 3. The van der Waals surface area contributed by atoms with E-state index in [1.54, 1.807) is 4.90 Å². The van der Waals surface area contributed by atoms with E-state index in [0.29, 0.717) is 25.5 Å². The summed E-state index contributed by atoms with van der Waals surface area (Å²) in [7, 11) is 0. The minimum Gasteiger partial charge on any atom is -0.491 e. The van der Waals surface area contributed by atoms with Crippen molar-refractivity contribution in [3.63, 3.8) is 0 Å². The summed E-state index contributed by atoms with van der Waals surface area (Å²) in [5, 5.41) is 7.35. The molecule has 24 heavy (non-hydrogen) atoms. The van der Waals surface area contributed by atoms with Crippen LogP contribution in [0.1, 0.15) is 36.7 Å². The standard InChI is InChI=1S/C18H24N4O2/c1-12(2)22-14(4)10-17(20-22)19-18(23)21-7-8-24-16-6-5-13(3)9-15(16)11-21/h5-6,9-10,12H,7-8,11H2,1-4H3,(H,19,20,23). The summed E-state index contributed by atoms with van der Waals surface area (Å²) in [5.41, 5.74) is 3.22. The number of anilines is 1. The van der Waals surface area contributed by atoms with Gasteiger partial charge in [0.2, 0.25) is 0 Å². The van der Waals surface area contributed by atoms with Crippen molar-refractivity contribution >= 4 is 11.8 Å². The van der Waals surface area contributed by atoms with Crippen LogP contribution in [-0.4, -0.2) is 33.9 Å². The van der Waals surface area contributed by atoms with Gasteiger partial charge >= 0.3 is 6.03 Å². The molecule has 2 amide bonds. The molecule has 3 rings (SSSR count). The molecule has 2 heterocycles. The average Bonchev–Trinajstić information content (AvgIpc) is 2.76. The molecule has 1 N–H and O–H groups in total. The maximum atomic E-state index is 12.6. The lowest BCUT2D eigenvalue weighted by Gasteiger charge is -2.19. The fraction of sp³-hybridized carbons (Fsp3) is 0.444. The Kier molecular flexibility index (Phi) is 4.46. The molecular weight excluding hydrogens is 304 g/mol. The fourth-order valence-electron chi connectivity index (χ4n) is 2.96. The zero-order chi connectivity index (χ0) is 17.3. The Morgan fingerprint density at radius 1 is 1.29 bits per heavy atom. The first kappa shape index (κ1) is 16.4. The van der Waals surface area contributed by atoms with E-state index in [1.165, 1.54) is 0 Å². The molecule has 128 valence electrons. The molecule has 0 bridgehead atoms. The highest BCUT2D eigenvalue weighted by Gasteiger charge is 2.21. The Labute approximate surface area is 142 Å². The number of aryl methyl sites for hydroxylation is 2. The van der Waals surface area contributed by atoms with Gasteiger partial charge in [0.05, 0.1) is 13.1 Å². The van der Waals surface area contributed by atoms with E-state index < -0.39 is 0 Å². The van der Waals surface area contributed by atoms with Gasteiger partial charge in [-0.2, -0.15) is 5.10 Å². The Hall–Kier alpha value is -2.50. The predicted molar refractivity (Wildman–Crippen MR) is 93.5 cm³/mol. The van der Waals surface area contributed by atoms with Crippen molar-refractivity contribution in [2.45, 2.75) is 40.3 Å². The van der Waals surface area contributed by atoms with Gasteiger partial charge in [0.1, 0.15) is 12.4 Å². The third kappa shape index (κ3) is 3.37. The molecule has 0 saturated heterocycles. The number of urea groups is 1. The highest BCUT2D eigenvalue weighted by Crippen LogP contribution is 2.24. The number of carbonyl (C=O) groups is 1. The average molecular weight is 328 g/mol. The summed E-state index contributed by atoms with van der Waals surface area (Å²) in [6, 6.07) is 8.07. The molecule has 1 aromatic carbocycles. The normalized spacial score (nSPS) is 14.1. The second-order valence-corrected chi connectivity index (χ2v) is 6.52. The first-order chi connectivity index (χ1) is 11.4. The zero-order valence-electron chi connectivity index (χ0n) is 14.7. The number of amides is 2. The van der Waals surface area contributed by atoms with Gasteiger partial charge in [0.25, 0.3) is 0 Å². The lowest BCUT2D eigenvalue weighted by molar-refractivity contribution is 0.200. The van der Waals surface area contributed by atoms with Gasteiger partial charge in [-0.1, -0.05) is 17.7 Å². The number of ether oxygens (including phenoxy) is 1. The molecule has 0 unspecified atom stereocenters. The van der Waals surface area contributed by atoms with Gasteiger partial charge in [-0.05, 0) is 33.8 Å². The Balaban J connectivity index is 1.74. The quantitative estimate of drug-likeness (QED) is 0.918. The lowest BCUT2D eigenvalue weighted by Crippen LogP contribution is -2.36. The maximum absolute atomic E-state index is 12.6. The van der Waals surface area contributed by atoms with Crippen LogP contribution in [0, 0.1) is 13.8 Å². The van der Waals surface area contributed by atoms with Crippen molar-refractivity contribution < 1.29 is 9.53 Å². The highest BCUT2D eigenvalue weighted by atomic mass is 16.5. The van der Waals surface area contributed by atoms with Gasteiger partial charge < -0.3 is 9.64 Å². The SMILES string of the molecule is Cc1ccc2c(c1)CN(C(=O)Nc1cc(C)n(C(C)C)n1)CCO2. The molecule has 1 aromatic heterocycles. The number of benzene rings is 1. The number of rotatable bonds is 2. The molecule has 0 aliphatic carbocycles. The molecule has 0 saturated carbocycles. The molecule has 6 nitrogen and oxygen atoms in total. The Bertz CT molecular complexity index is 751. The Morgan fingerprint density at radius 3 is 2.79 bits per heavy atom. The molecule has 0 fully saturated rings. The van der Waals surface area contributed by atoms with Crippen LogP contribution in [0.4, 0.5) is 10.6 Å². The molecular formula is C18H24N4O2. The summed E-state index contributed by atoms with van der Waals surface area (Å²) in [4.78, 5) is 14.4. The first-order valence-electron chi connectivity index (χ1n) is 8.28. The molecule has 0 spiro atoms. The third-order valence-electron chi connectivity index (χ3n) is 4.13. The van der Waals surface area contributed by atoms with Gasteiger partial charge in [-0.3, -0.25) is 10.00 Å². The van der Waals surface area contributed by atoms with E-state index in [0.717, 1.165) is 22.6 Å². The highest BCUT2D eigenvalue weighted by molar-refractivity contribution is 5.88. The summed E-state index contributed by atoms with van der Waals surface area (Å²) in [6.45, 7) is 9.73. The van der Waals surface area contributed by atoms with Crippen LogP contribution in [0.5, 0.6) is 5.75 Å². The van der Waals surface area contributed by atoms with E-state index in [4.69, 9.17) is 4.74 Å². The van der Waals surface area contributed by atoms with Gasteiger partial charge in [0.15, 0.2) is 5.82 Å². The molecule has 6 heteroatoms. The van der Waals surface area contributed by atoms with E-state index in [2.05, 4.69) is 30.3 Å². The number of nitrogens with one attached hydrogen (secondary N) is 1. The molecule has 1 aliphatic heterocycles. The minimum atomic E-state index is -0.152. The summed E-state index contributed by atoms with van der Waals surface area (Å²) in [5.74, 6) is 1.44. The van der Waals surface area contributed by atoms with Crippen LogP contribution in [0.15, 0.2) is 24.3 Å². The van der Waals surface area contributed by atoms with E-state index in [-0.39, 0.29) is 12.1 Å². The van der Waals surface area contributed by atoms with Crippen LogP contribution in [0.2, 0.25) is 0 Å². The summed E-state index contributed by atoms with van der Waals surface area (Å²) >= 11 is 0. The van der Waals surface area contributed by atoms with Crippen LogP contribution < -0.4 is 10.1 Å². The number of hydrogen-bond acceptors (Lipinski definition) is 3. The number of aromatic nitrogens is 2. The number of hydrogen-bond donors (Lipinski definition) is 1. The van der Waals surface area contributed by atoms with Crippen molar-refractivity contribution in [3.8, 4) is 5.75 Å². The van der Waals surface area contributed by atoms with Gasteiger partial charge in [0, 0.05) is 23.4 Å². The Morgan fingerprint density at radius 2 is 2.08 bits per heavy atom. The second kappa shape index (κ2) is 6.55. The van der Waals surface area contributed by atoms with Crippen LogP contribution in [0.25, 0.3) is 0 Å². The van der Waals surface area contributed by atoms with Crippen molar-refractivity contribution in [2.75, 3.05) is 18.5 Å².